The number of piperidine rings is 1. The van der Waals surface area contributed by atoms with Gasteiger partial charge in [0.25, 0.3) is 5.91 Å². The molecule has 0 radical (unpaired) electrons. The van der Waals surface area contributed by atoms with Crippen molar-refractivity contribution >= 4 is 38.9 Å². The van der Waals surface area contributed by atoms with Gasteiger partial charge in [-0.3, -0.25) is 4.79 Å². The van der Waals surface area contributed by atoms with Gasteiger partial charge in [-0.1, -0.05) is 17.7 Å². The lowest BCUT2D eigenvalue weighted by atomic mass is 10.0. The number of amides is 1. The summed E-state index contributed by atoms with van der Waals surface area (Å²) in [7, 11) is -3.48. The van der Waals surface area contributed by atoms with Crippen LogP contribution in [0.1, 0.15) is 18.4 Å². The number of thiophene rings is 1. The van der Waals surface area contributed by atoms with Crippen molar-refractivity contribution in [1.82, 2.24) is 9.62 Å². The minimum absolute atomic E-state index is 0.0538. The summed E-state index contributed by atoms with van der Waals surface area (Å²) in [4.78, 5) is 14.5. The second-order valence-corrected chi connectivity index (χ2v) is 10.0. The van der Waals surface area contributed by atoms with E-state index in [2.05, 4.69) is 4.72 Å². The molecule has 27 heavy (non-hydrogen) atoms. The van der Waals surface area contributed by atoms with E-state index in [0.717, 1.165) is 5.56 Å². The standard InChI is InChI=1S/C18H19ClN2O4S2/c19-13-3-4-15-12(10-13)11-16(25-15)18(22)21-7-5-14(6-8-21)20-27(23,24)17-2-1-9-26-17/h1-4,9-10,14,16,20H,5-8,11H2/t16-/m1/s1. The van der Waals surface area contributed by atoms with E-state index >= 15 is 0 Å². The van der Waals surface area contributed by atoms with Crippen LogP contribution < -0.4 is 9.46 Å². The fourth-order valence-corrected chi connectivity index (χ4v) is 5.98. The fraction of sp³-hybridized carbons (Fsp3) is 0.389. The van der Waals surface area contributed by atoms with Crippen molar-refractivity contribution in [2.24, 2.45) is 0 Å². The van der Waals surface area contributed by atoms with Crippen LogP contribution in [0, 0.1) is 0 Å². The zero-order valence-corrected chi connectivity index (χ0v) is 16.8. The van der Waals surface area contributed by atoms with Crippen molar-refractivity contribution in [3.63, 3.8) is 0 Å². The van der Waals surface area contributed by atoms with Gasteiger partial charge < -0.3 is 9.64 Å². The number of sulfonamides is 1. The normalized spacial score (nSPS) is 20.3. The summed E-state index contributed by atoms with van der Waals surface area (Å²) in [5, 5.41) is 2.37. The van der Waals surface area contributed by atoms with E-state index in [1.165, 1.54) is 11.3 Å². The van der Waals surface area contributed by atoms with Gasteiger partial charge in [0.2, 0.25) is 10.0 Å². The molecule has 2 aliphatic heterocycles. The number of carbonyl (C=O) groups excluding carboxylic acids is 1. The number of hydrogen-bond acceptors (Lipinski definition) is 5. The molecule has 6 nitrogen and oxygen atoms in total. The van der Waals surface area contributed by atoms with Crippen molar-refractivity contribution in [3.8, 4) is 5.75 Å². The number of nitrogens with zero attached hydrogens (tertiary/aromatic N) is 1. The molecule has 1 saturated heterocycles. The van der Waals surface area contributed by atoms with Gasteiger partial charge in [-0.25, -0.2) is 13.1 Å². The molecule has 1 fully saturated rings. The van der Waals surface area contributed by atoms with Crippen molar-refractivity contribution in [2.75, 3.05) is 13.1 Å². The summed E-state index contributed by atoms with van der Waals surface area (Å²) in [6, 6.07) is 8.51. The highest BCUT2D eigenvalue weighted by Crippen LogP contribution is 2.32. The molecular weight excluding hydrogens is 408 g/mol. The fourth-order valence-electron chi connectivity index (χ4n) is 3.47. The molecule has 0 spiro atoms. The van der Waals surface area contributed by atoms with Crippen LogP contribution in [0.4, 0.5) is 0 Å². The first-order valence-corrected chi connectivity index (χ1v) is 11.5. The Morgan fingerprint density at radius 3 is 2.74 bits per heavy atom. The molecule has 1 aromatic heterocycles. The van der Waals surface area contributed by atoms with Crippen LogP contribution in [0.5, 0.6) is 5.75 Å². The molecule has 9 heteroatoms. The number of rotatable bonds is 4. The first-order chi connectivity index (χ1) is 12.9. The summed E-state index contributed by atoms with van der Waals surface area (Å²) in [5.74, 6) is 0.651. The zero-order valence-electron chi connectivity index (χ0n) is 14.4. The molecule has 0 aliphatic carbocycles. The second-order valence-electron chi connectivity index (χ2n) is 6.72. The maximum absolute atomic E-state index is 12.8. The Labute approximate surface area is 167 Å². The molecule has 0 saturated carbocycles. The Balaban J connectivity index is 1.33. The summed E-state index contributed by atoms with van der Waals surface area (Å²) in [6.07, 6.45) is 1.15. The van der Waals surface area contributed by atoms with Crippen LogP contribution in [0.2, 0.25) is 5.02 Å². The van der Waals surface area contributed by atoms with Crippen LogP contribution in [0.3, 0.4) is 0 Å². The zero-order chi connectivity index (χ0) is 19.0. The SMILES string of the molecule is O=C([C@H]1Cc2cc(Cl)ccc2O1)N1CCC(NS(=O)(=O)c2cccs2)CC1. The van der Waals surface area contributed by atoms with Gasteiger partial charge >= 0.3 is 0 Å². The van der Waals surface area contributed by atoms with E-state index in [4.69, 9.17) is 16.3 Å². The van der Waals surface area contributed by atoms with E-state index in [-0.39, 0.29) is 11.9 Å². The first-order valence-electron chi connectivity index (χ1n) is 8.72. The molecule has 2 aliphatic rings. The average Bonchev–Trinajstić information content (AvgIpc) is 3.31. The number of nitrogens with one attached hydrogen (secondary N) is 1. The Kier molecular flexibility index (Phi) is 5.15. The van der Waals surface area contributed by atoms with Gasteiger partial charge in [-0.05, 0) is 48.1 Å². The number of likely N-dealkylation sites (tertiary alicyclic amines) is 1. The predicted molar refractivity (Wildman–Crippen MR) is 104 cm³/mol. The summed E-state index contributed by atoms with van der Waals surface area (Å²) < 4.78 is 33.5. The lowest BCUT2D eigenvalue weighted by Gasteiger charge is -2.33. The smallest absolute Gasteiger partial charge is 0.263 e. The molecule has 3 heterocycles. The molecule has 0 bridgehead atoms. The maximum atomic E-state index is 12.8. The predicted octanol–water partition coefficient (Wildman–Crippen LogP) is 2.67. The van der Waals surface area contributed by atoms with Gasteiger partial charge in [0, 0.05) is 30.6 Å². The summed E-state index contributed by atoms with van der Waals surface area (Å²) in [5.41, 5.74) is 0.944. The number of carbonyl (C=O) groups is 1. The third kappa shape index (κ3) is 3.99. The number of halogens is 1. The van der Waals surface area contributed by atoms with Gasteiger partial charge in [-0.15, -0.1) is 11.3 Å². The first kappa shape index (κ1) is 18.7. The number of fused-ring (bicyclic) bond motifs is 1. The highest BCUT2D eigenvalue weighted by molar-refractivity contribution is 7.91. The molecule has 1 atom stereocenters. The van der Waals surface area contributed by atoms with Crippen LogP contribution >= 0.6 is 22.9 Å². The molecular formula is C18H19ClN2O4S2. The number of benzene rings is 1. The van der Waals surface area contributed by atoms with Crippen molar-refractivity contribution < 1.29 is 17.9 Å². The van der Waals surface area contributed by atoms with Gasteiger partial charge in [-0.2, -0.15) is 0 Å². The molecule has 1 N–H and O–H groups in total. The molecule has 144 valence electrons. The van der Waals surface area contributed by atoms with Gasteiger partial charge in [0.15, 0.2) is 6.10 Å². The van der Waals surface area contributed by atoms with Gasteiger partial charge in [0.05, 0.1) is 0 Å². The van der Waals surface area contributed by atoms with E-state index in [0.29, 0.717) is 47.3 Å². The van der Waals surface area contributed by atoms with Crippen molar-refractivity contribution in [2.45, 2.75) is 35.6 Å². The Morgan fingerprint density at radius 2 is 2.04 bits per heavy atom. The minimum Gasteiger partial charge on any atom is -0.480 e. The highest BCUT2D eigenvalue weighted by atomic mass is 35.5. The van der Waals surface area contributed by atoms with Crippen LogP contribution in [0.15, 0.2) is 39.9 Å². The Morgan fingerprint density at radius 1 is 1.26 bits per heavy atom. The number of hydrogen-bond donors (Lipinski definition) is 1. The minimum atomic E-state index is -3.48. The van der Waals surface area contributed by atoms with Crippen LogP contribution in [0.25, 0.3) is 0 Å². The summed E-state index contributed by atoms with van der Waals surface area (Å²) >= 11 is 7.19. The third-order valence-electron chi connectivity index (χ3n) is 4.86. The van der Waals surface area contributed by atoms with E-state index < -0.39 is 16.1 Å². The lowest BCUT2D eigenvalue weighted by molar-refractivity contribution is -0.139. The molecule has 4 rings (SSSR count). The molecule has 2 aromatic rings. The Bertz CT molecular complexity index is 938. The van der Waals surface area contributed by atoms with Crippen molar-refractivity contribution in [3.05, 3.63) is 46.3 Å². The summed E-state index contributed by atoms with van der Waals surface area (Å²) in [6.45, 7) is 1.01. The largest absolute Gasteiger partial charge is 0.480 e. The quantitative estimate of drug-likeness (QED) is 0.815. The maximum Gasteiger partial charge on any atom is 0.263 e. The second kappa shape index (κ2) is 7.43. The number of ether oxygens (including phenoxy) is 1. The highest BCUT2D eigenvalue weighted by Gasteiger charge is 2.35. The van der Waals surface area contributed by atoms with Crippen LogP contribution in [-0.2, 0) is 21.2 Å². The molecule has 1 amide bonds. The lowest BCUT2D eigenvalue weighted by Crippen LogP contribution is -2.49. The third-order valence-corrected chi connectivity index (χ3v) is 8.01. The van der Waals surface area contributed by atoms with E-state index in [9.17, 15) is 13.2 Å². The van der Waals surface area contributed by atoms with Gasteiger partial charge in [0.1, 0.15) is 9.96 Å². The van der Waals surface area contributed by atoms with Crippen molar-refractivity contribution in [1.29, 1.82) is 0 Å². The monoisotopic (exact) mass is 426 g/mol. The topological polar surface area (TPSA) is 75.7 Å². The average molecular weight is 427 g/mol. The Hall–Kier alpha value is -1.61. The van der Waals surface area contributed by atoms with E-state index in [1.54, 1.807) is 34.5 Å². The molecule has 1 aromatic carbocycles. The van der Waals surface area contributed by atoms with E-state index in [1.807, 2.05) is 6.07 Å². The molecule has 0 unspecified atom stereocenters. The van der Waals surface area contributed by atoms with Crippen LogP contribution in [-0.4, -0.2) is 44.5 Å².